The van der Waals surface area contributed by atoms with E-state index in [1.54, 1.807) is 26.4 Å². The molecule has 0 saturated heterocycles. The molecule has 1 aromatic heterocycles. The van der Waals surface area contributed by atoms with E-state index in [1.165, 1.54) is 23.3 Å². The third-order valence-electron chi connectivity index (χ3n) is 4.88. The second-order valence-corrected chi connectivity index (χ2v) is 7.78. The average Bonchev–Trinajstić information content (AvgIpc) is 2.87. The van der Waals surface area contributed by atoms with Crippen molar-refractivity contribution in [3.05, 3.63) is 39.8 Å². The summed E-state index contributed by atoms with van der Waals surface area (Å²) in [4.78, 5) is 26.2. The number of benzene rings is 1. The number of esters is 1. The fourth-order valence-electron chi connectivity index (χ4n) is 3.50. The molecule has 1 heterocycles. The molecule has 0 radical (unpaired) electrons. The van der Waals surface area contributed by atoms with E-state index in [9.17, 15) is 9.59 Å². The summed E-state index contributed by atoms with van der Waals surface area (Å²) in [6.07, 6.45) is 5.27. The molecule has 3 rings (SSSR count). The first-order valence-electron chi connectivity index (χ1n) is 9.31. The number of methoxy groups -OCH3 is 3. The normalized spacial score (nSPS) is 13.2. The molecule has 0 unspecified atom stereocenters. The third-order valence-corrected chi connectivity index (χ3v) is 6.08. The Morgan fingerprint density at radius 1 is 1.04 bits per heavy atom. The van der Waals surface area contributed by atoms with Gasteiger partial charge in [-0.15, -0.1) is 11.3 Å². The van der Waals surface area contributed by atoms with Crippen molar-refractivity contribution >= 4 is 28.2 Å². The Labute approximate surface area is 168 Å². The number of fused-ring (bicyclic) bond motifs is 1. The van der Waals surface area contributed by atoms with Crippen LogP contribution in [-0.2, 0) is 28.8 Å². The Bertz CT molecular complexity index is 874. The maximum atomic E-state index is 12.7. The Morgan fingerprint density at radius 3 is 2.50 bits per heavy atom. The van der Waals surface area contributed by atoms with Gasteiger partial charge >= 0.3 is 5.97 Å². The van der Waals surface area contributed by atoms with Crippen LogP contribution in [0.2, 0.25) is 0 Å². The van der Waals surface area contributed by atoms with Gasteiger partial charge in [-0.25, -0.2) is 4.79 Å². The van der Waals surface area contributed by atoms with Crippen LogP contribution in [0.15, 0.2) is 18.2 Å². The number of carbonyl (C=O) groups excluding carboxylic acids is 2. The molecular formula is C21H25NO5S. The molecule has 0 aliphatic heterocycles. The van der Waals surface area contributed by atoms with Crippen LogP contribution in [0.5, 0.6) is 11.5 Å². The Balaban J connectivity index is 1.81. The second kappa shape index (κ2) is 9.10. The van der Waals surface area contributed by atoms with E-state index in [0.717, 1.165) is 43.2 Å². The van der Waals surface area contributed by atoms with Gasteiger partial charge in [0.15, 0.2) is 11.5 Å². The number of nitrogens with one attached hydrogen (secondary N) is 1. The molecule has 1 aromatic carbocycles. The number of anilines is 1. The molecule has 6 nitrogen and oxygen atoms in total. The zero-order chi connectivity index (χ0) is 20.1. The van der Waals surface area contributed by atoms with Gasteiger partial charge in [0.2, 0.25) is 5.91 Å². The molecule has 7 heteroatoms. The number of carbonyl (C=O) groups is 2. The summed E-state index contributed by atoms with van der Waals surface area (Å²) in [5, 5.41) is 3.51. The smallest absolute Gasteiger partial charge is 0.341 e. The fourth-order valence-corrected chi connectivity index (χ4v) is 4.79. The van der Waals surface area contributed by atoms with Gasteiger partial charge in [0, 0.05) is 4.88 Å². The van der Waals surface area contributed by atoms with Crippen LogP contribution in [0.1, 0.15) is 45.6 Å². The van der Waals surface area contributed by atoms with Gasteiger partial charge in [-0.2, -0.15) is 0 Å². The van der Waals surface area contributed by atoms with Crippen molar-refractivity contribution in [2.75, 3.05) is 26.6 Å². The number of thiophene rings is 1. The van der Waals surface area contributed by atoms with E-state index in [-0.39, 0.29) is 18.3 Å². The van der Waals surface area contributed by atoms with Crippen LogP contribution >= 0.6 is 11.3 Å². The number of aryl methyl sites for hydroxylation is 1. The molecule has 2 aromatic rings. The number of hydrogen-bond donors (Lipinski definition) is 1. The number of hydrogen-bond acceptors (Lipinski definition) is 6. The summed E-state index contributed by atoms with van der Waals surface area (Å²) in [6, 6.07) is 5.38. The maximum Gasteiger partial charge on any atom is 0.341 e. The molecule has 0 bridgehead atoms. The van der Waals surface area contributed by atoms with Crippen LogP contribution in [0, 0.1) is 0 Å². The van der Waals surface area contributed by atoms with Gasteiger partial charge < -0.3 is 19.5 Å². The first-order valence-corrected chi connectivity index (χ1v) is 10.1. The van der Waals surface area contributed by atoms with Crippen molar-refractivity contribution in [1.82, 2.24) is 0 Å². The molecule has 0 saturated carbocycles. The van der Waals surface area contributed by atoms with Crippen molar-refractivity contribution in [3.63, 3.8) is 0 Å². The Morgan fingerprint density at radius 2 is 1.79 bits per heavy atom. The second-order valence-electron chi connectivity index (χ2n) is 6.67. The minimum atomic E-state index is -0.388. The lowest BCUT2D eigenvalue weighted by Gasteiger charge is -2.10. The zero-order valence-electron chi connectivity index (χ0n) is 16.4. The summed E-state index contributed by atoms with van der Waals surface area (Å²) < 4.78 is 15.5. The predicted molar refractivity (Wildman–Crippen MR) is 109 cm³/mol. The highest BCUT2D eigenvalue weighted by Crippen LogP contribution is 2.38. The summed E-state index contributed by atoms with van der Waals surface area (Å²) in [5.74, 6) is 0.613. The minimum absolute atomic E-state index is 0.170. The highest BCUT2D eigenvalue weighted by atomic mass is 32.1. The molecule has 28 heavy (non-hydrogen) atoms. The standard InChI is InChI=1S/C21H25NO5S/c1-25-15-10-9-13(11-16(15)26-2)12-18(23)22-20-19(21(24)27-3)14-7-5-4-6-8-17(14)28-20/h9-11H,4-8,12H2,1-3H3,(H,22,23). The topological polar surface area (TPSA) is 73.9 Å². The van der Waals surface area contributed by atoms with E-state index >= 15 is 0 Å². The monoisotopic (exact) mass is 403 g/mol. The first kappa shape index (κ1) is 20.2. The van der Waals surface area contributed by atoms with Gasteiger partial charge in [0.1, 0.15) is 5.00 Å². The van der Waals surface area contributed by atoms with E-state index in [0.29, 0.717) is 22.1 Å². The molecule has 0 spiro atoms. The van der Waals surface area contributed by atoms with E-state index < -0.39 is 0 Å². The highest BCUT2D eigenvalue weighted by Gasteiger charge is 2.26. The Hall–Kier alpha value is -2.54. The minimum Gasteiger partial charge on any atom is -0.493 e. The molecule has 1 aliphatic rings. The average molecular weight is 404 g/mol. The van der Waals surface area contributed by atoms with E-state index in [4.69, 9.17) is 14.2 Å². The molecule has 0 fully saturated rings. The fraction of sp³-hybridized carbons (Fsp3) is 0.429. The zero-order valence-corrected chi connectivity index (χ0v) is 17.2. The lowest BCUT2D eigenvalue weighted by atomic mass is 10.1. The van der Waals surface area contributed by atoms with Gasteiger partial charge in [-0.1, -0.05) is 12.5 Å². The quantitative estimate of drug-likeness (QED) is 0.583. The molecule has 1 amide bonds. The lowest BCUT2D eigenvalue weighted by molar-refractivity contribution is -0.115. The maximum absolute atomic E-state index is 12.7. The number of ether oxygens (including phenoxy) is 3. The Kier molecular flexibility index (Phi) is 6.57. The molecule has 1 N–H and O–H groups in total. The number of amides is 1. The molecular weight excluding hydrogens is 378 g/mol. The summed E-state index contributed by atoms with van der Waals surface area (Å²) >= 11 is 1.49. The van der Waals surface area contributed by atoms with E-state index in [2.05, 4.69) is 5.32 Å². The van der Waals surface area contributed by atoms with Gasteiger partial charge in [-0.05, 0) is 48.9 Å². The van der Waals surface area contributed by atoms with Crippen molar-refractivity contribution in [2.45, 2.75) is 38.5 Å². The van der Waals surface area contributed by atoms with Crippen LogP contribution in [0.25, 0.3) is 0 Å². The summed E-state index contributed by atoms with van der Waals surface area (Å²) in [7, 11) is 4.50. The van der Waals surface area contributed by atoms with Crippen molar-refractivity contribution in [2.24, 2.45) is 0 Å². The lowest BCUT2D eigenvalue weighted by Crippen LogP contribution is -2.16. The van der Waals surface area contributed by atoms with Crippen LogP contribution < -0.4 is 14.8 Å². The SMILES string of the molecule is COC(=O)c1c(NC(=O)Cc2ccc(OC)c(OC)c2)sc2c1CCCCC2. The molecule has 1 aliphatic carbocycles. The van der Waals surface area contributed by atoms with Gasteiger partial charge in [-0.3, -0.25) is 4.79 Å². The van der Waals surface area contributed by atoms with Crippen molar-refractivity contribution < 1.29 is 23.8 Å². The predicted octanol–water partition coefficient (Wildman–Crippen LogP) is 4.00. The summed E-state index contributed by atoms with van der Waals surface area (Å²) in [5.41, 5.74) is 2.36. The summed E-state index contributed by atoms with van der Waals surface area (Å²) in [6.45, 7) is 0. The largest absolute Gasteiger partial charge is 0.493 e. The van der Waals surface area contributed by atoms with Crippen molar-refractivity contribution in [3.8, 4) is 11.5 Å². The first-order chi connectivity index (χ1) is 13.6. The third kappa shape index (κ3) is 4.30. The molecule has 0 atom stereocenters. The number of rotatable bonds is 6. The van der Waals surface area contributed by atoms with Crippen molar-refractivity contribution in [1.29, 1.82) is 0 Å². The van der Waals surface area contributed by atoms with Gasteiger partial charge in [0.05, 0.1) is 33.3 Å². The van der Waals surface area contributed by atoms with E-state index in [1.807, 2.05) is 6.07 Å². The van der Waals surface area contributed by atoms with Crippen LogP contribution in [0.4, 0.5) is 5.00 Å². The van der Waals surface area contributed by atoms with Gasteiger partial charge in [0.25, 0.3) is 0 Å². The molecule has 150 valence electrons. The van der Waals surface area contributed by atoms with Crippen LogP contribution in [-0.4, -0.2) is 33.2 Å². The van der Waals surface area contributed by atoms with Crippen LogP contribution in [0.3, 0.4) is 0 Å². The highest BCUT2D eigenvalue weighted by molar-refractivity contribution is 7.17.